The van der Waals surface area contributed by atoms with Crippen LogP contribution in [-0.2, 0) is 19.4 Å². The molecule has 2 aliphatic rings. The summed E-state index contributed by atoms with van der Waals surface area (Å²) in [6.07, 6.45) is 5.70. The number of rotatable bonds is 7. The summed E-state index contributed by atoms with van der Waals surface area (Å²) in [5.74, 6) is 3.63. The second-order valence-corrected chi connectivity index (χ2v) is 9.99. The highest BCUT2D eigenvalue weighted by molar-refractivity contribution is 5.95. The first-order valence-electron chi connectivity index (χ1n) is 12.9. The number of methoxy groups -OCH3 is 1. The van der Waals surface area contributed by atoms with Gasteiger partial charge in [0, 0.05) is 23.8 Å². The SMILES string of the molecule is C=CCOc1c(OC)ccc2c(Cc3ccc(C(C)C)cc3)c3[n+](cc12)CCc1cc2c(cc1-3)OCO2.[Cl-]. The van der Waals surface area contributed by atoms with Crippen molar-refractivity contribution in [1.29, 1.82) is 0 Å². The molecule has 196 valence electrons. The molecule has 2 aliphatic heterocycles. The molecular formula is C32H32ClNO4. The van der Waals surface area contributed by atoms with Crippen molar-refractivity contribution >= 4 is 10.8 Å². The molecule has 0 bridgehead atoms. The lowest BCUT2D eigenvalue weighted by molar-refractivity contribution is -0.686. The smallest absolute Gasteiger partial charge is 0.231 e. The Morgan fingerprint density at radius 3 is 2.50 bits per heavy atom. The number of aryl methyl sites for hydroxylation is 2. The van der Waals surface area contributed by atoms with E-state index in [1.165, 1.54) is 33.5 Å². The fraction of sp³-hybridized carbons (Fsp3) is 0.281. The van der Waals surface area contributed by atoms with E-state index in [1.807, 2.05) is 6.07 Å². The number of halogens is 1. The van der Waals surface area contributed by atoms with Crippen LogP contribution in [0.4, 0.5) is 0 Å². The molecule has 6 heteroatoms. The van der Waals surface area contributed by atoms with Crippen molar-refractivity contribution in [2.45, 2.75) is 39.2 Å². The molecule has 38 heavy (non-hydrogen) atoms. The molecule has 6 rings (SSSR count). The summed E-state index contributed by atoms with van der Waals surface area (Å²) < 4.78 is 25.7. The van der Waals surface area contributed by atoms with Gasteiger partial charge in [-0.3, -0.25) is 0 Å². The van der Waals surface area contributed by atoms with Gasteiger partial charge in [-0.15, -0.1) is 0 Å². The minimum atomic E-state index is 0. The Labute approximate surface area is 230 Å². The van der Waals surface area contributed by atoms with Gasteiger partial charge in [0.25, 0.3) is 0 Å². The lowest BCUT2D eigenvalue weighted by atomic mass is 9.88. The fourth-order valence-electron chi connectivity index (χ4n) is 5.49. The third-order valence-electron chi connectivity index (χ3n) is 7.41. The van der Waals surface area contributed by atoms with Crippen molar-refractivity contribution < 1.29 is 35.9 Å². The zero-order valence-corrected chi connectivity index (χ0v) is 22.8. The van der Waals surface area contributed by atoms with Gasteiger partial charge in [-0.25, -0.2) is 0 Å². The largest absolute Gasteiger partial charge is 1.00 e. The summed E-state index contributed by atoms with van der Waals surface area (Å²) in [5, 5.41) is 2.20. The van der Waals surface area contributed by atoms with Crippen molar-refractivity contribution in [3.05, 3.63) is 89.6 Å². The number of aromatic nitrogens is 1. The zero-order chi connectivity index (χ0) is 25.5. The van der Waals surface area contributed by atoms with Gasteiger partial charge in [0.1, 0.15) is 6.61 Å². The fourth-order valence-corrected chi connectivity index (χ4v) is 5.49. The number of hydrogen-bond donors (Lipinski definition) is 0. The third kappa shape index (κ3) is 4.45. The molecule has 0 N–H and O–H groups in total. The lowest BCUT2D eigenvalue weighted by Crippen LogP contribution is -3.00. The van der Waals surface area contributed by atoms with Crippen molar-refractivity contribution in [1.82, 2.24) is 0 Å². The Morgan fingerprint density at radius 2 is 1.79 bits per heavy atom. The van der Waals surface area contributed by atoms with Crippen LogP contribution in [-0.4, -0.2) is 20.5 Å². The molecule has 1 aromatic heterocycles. The van der Waals surface area contributed by atoms with E-state index in [1.54, 1.807) is 13.2 Å². The van der Waals surface area contributed by atoms with E-state index in [-0.39, 0.29) is 19.2 Å². The quantitative estimate of drug-likeness (QED) is 0.272. The van der Waals surface area contributed by atoms with Crippen LogP contribution in [0.2, 0.25) is 0 Å². The first-order chi connectivity index (χ1) is 18.1. The van der Waals surface area contributed by atoms with Crippen LogP contribution >= 0.6 is 0 Å². The van der Waals surface area contributed by atoms with E-state index in [4.69, 9.17) is 18.9 Å². The summed E-state index contributed by atoms with van der Waals surface area (Å²) in [4.78, 5) is 0. The van der Waals surface area contributed by atoms with E-state index in [9.17, 15) is 0 Å². The summed E-state index contributed by atoms with van der Waals surface area (Å²) in [6.45, 7) is 9.85. The number of benzene rings is 3. The predicted molar refractivity (Wildman–Crippen MR) is 145 cm³/mol. The van der Waals surface area contributed by atoms with Crippen molar-refractivity contribution in [3.63, 3.8) is 0 Å². The van der Waals surface area contributed by atoms with Crippen LogP contribution in [0, 0.1) is 0 Å². The van der Waals surface area contributed by atoms with E-state index < -0.39 is 0 Å². The van der Waals surface area contributed by atoms with Crippen LogP contribution in [0.25, 0.3) is 22.0 Å². The highest BCUT2D eigenvalue weighted by Gasteiger charge is 2.32. The van der Waals surface area contributed by atoms with Gasteiger partial charge in [-0.05, 0) is 46.9 Å². The van der Waals surface area contributed by atoms with Crippen molar-refractivity contribution in [2.24, 2.45) is 0 Å². The number of fused-ring (bicyclic) bond motifs is 5. The maximum Gasteiger partial charge on any atom is 0.231 e. The molecular weight excluding hydrogens is 498 g/mol. The maximum absolute atomic E-state index is 6.17. The van der Waals surface area contributed by atoms with Gasteiger partial charge >= 0.3 is 0 Å². The molecule has 0 saturated carbocycles. The molecule has 0 unspecified atom stereocenters. The Bertz CT molecular complexity index is 1510. The van der Waals surface area contributed by atoms with E-state index in [2.05, 4.69) is 73.7 Å². The minimum Gasteiger partial charge on any atom is -1.00 e. The molecule has 3 heterocycles. The van der Waals surface area contributed by atoms with Gasteiger partial charge in [0.15, 0.2) is 35.7 Å². The van der Waals surface area contributed by atoms with E-state index in [0.29, 0.717) is 12.5 Å². The van der Waals surface area contributed by atoms with E-state index in [0.717, 1.165) is 53.2 Å². The molecule has 0 spiro atoms. The number of nitrogens with zero attached hydrogens (tertiary/aromatic N) is 1. The topological polar surface area (TPSA) is 40.8 Å². The van der Waals surface area contributed by atoms with Crippen LogP contribution < -0.4 is 35.9 Å². The van der Waals surface area contributed by atoms with Gasteiger partial charge in [0.05, 0.1) is 18.1 Å². The van der Waals surface area contributed by atoms with E-state index >= 15 is 0 Å². The minimum absolute atomic E-state index is 0. The molecule has 0 amide bonds. The molecule has 5 nitrogen and oxygen atoms in total. The number of pyridine rings is 1. The first kappa shape index (κ1) is 25.9. The normalized spacial score (nSPS) is 13.1. The second kappa shape index (κ2) is 10.6. The third-order valence-corrected chi connectivity index (χ3v) is 7.41. The van der Waals surface area contributed by atoms with Gasteiger partial charge < -0.3 is 31.4 Å². The molecule has 0 radical (unpaired) electrons. The number of ether oxygens (including phenoxy) is 4. The van der Waals surface area contributed by atoms with Crippen LogP contribution in [0.15, 0.2) is 67.4 Å². The molecule has 0 saturated heterocycles. The molecule has 3 aromatic carbocycles. The lowest BCUT2D eigenvalue weighted by Gasteiger charge is -2.21. The standard InChI is InChI=1S/C32H32NO4.ClH/c1-5-14-35-32-27-18-33-13-12-23-16-29-30(37-19-36-29)17-25(23)31(33)26(24(27)10-11-28(32)34-4)15-21-6-8-22(9-7-21)20(2)3;/h5-11,16-18,20H,1,12-15,19H2,2-4H3;1H/q+1;/p-1. The summed E-state index contributed by atoms with van der Waals surface area (Å²) >= 11 is 0. The zero-order valence-electron chi connectivity index (χ0n) is 22.1. The van der Waals surface area contributed by atoms with Crippen molar-refractivity contribution in [2.75, 3.05) is 20.5 Å². The van der Waals surface area contributed by atoms with Crippen LogP contribution in [0.1, 0.15) is 42.0 Å². The molecule has 0 atom stereocenters. The summed E-state index contributed by atoms with van der Waals surface area (Å²) in [7, 11) is 1.68. The van der Waals surface area contributed by atoms with Crippen LogP contribution in [0.5, 0.6) is 23.0 Å². The average molecular weight is 530 g/mol. The second-order valence-electron chi connectivity index (χ2n) is 9.99. The highest BCUT2D eigenvalue weighted by atomic mass is 35.5. The summed E-state index contributed by atoms with van der Waals surface area (Å²) in [5.41, 5.74) is 7.60. The molecule has 0 fully saturated rings. The van der Waals surface area contributed by atoms with Gasteiger partial charge in [0.2, 0.25) is 12.5 Å². The maximum atomic E-state index is 6.17. The monoisotopic (exact) mass is 529 g/mol. The number of hydrogen-bond acceptors (Lipinski definition) is 4. The Balaban J connectivity index is 0.00000294. The first-order valence-corrected chi connectivity index (χ1v) is 12.9. The van der Waals surface area contributed by atoms with Crippen molar-refractivity contribution in [3.8, 4) is 34.3 Å². The molecule has 0 aliphatic carbocycles. The van der Waals surface area contributed by atoms with Crippen LogP contribution in [0.3, 0.4) is 0 Å². The Kier molecular flexibility index (Phi) is 7.22. The average Bonchev–Trinajstić information content (AvgIpc) is 3.37. The van der Waals surface area contributed by atoms with Gasteiger partial charge in [-0.2, -0.15) is 4.57 Å². The highest BCUT2D eigenvalue weighted by Crippen LogP contribution is 2.44. The summed E-state index contributed by atoms with van der Waals surface area (Å²) in [6, 6.07) is 17.5. The molecule has 4 aromatic rings. The van der Waals surface area contributed by atoms with Gasteiger partial charge in [-0.1, -0.05) is 50.8 Å². The Hall–Kier alpha value is -3.70. The Morgan fingerprint density at radius 1 is 1.03 bits per heavy atom. The predicted octanol–water partition coefficient (Wildman–Crippen LogP) is 3.37.